The van der Waals surface area contributed by atoms with Crippen molar-refractivity contribution in [2.75, 3.05) is 6.61 Å². The van der Waals surface area contributed by atoms with Crippen LogP contribution >= 0.6 is 0 Å². The minimum atomic E-state index is -0.132. The van der Waals surface area contributed by atoms with Crippen LogP contribution in [-0.2, 0) is 22.5 Å². The number of nitrogens with one attached hydrogen (secondary N) is 1. The Balaban J connectivity index is 1.91. The van der Waals surface area contributed by atoms with Gasteiger partial charge in [0, 0.05) is 13.0 Å². The minimum Gasteiger partial charge on any atom is -0.369 e. The first kappa shape index (κ1) is 13.0. The van der Waals surface area contributed by atoms with Crippen LogP contribution in [0, 0.1) is 0 Å². The number of amides is 1. The number of carbonyl (C=O) groups is 1. The SMILES string of the molecule is CC(C)OCC(=O)NC(C)c1nnc2n1CCC2. The first-order chi connectivity index (χ1) is 8.58. The van der Waals surface area contributed by atoms with Crippen molar-refractivity contribution in [3.63, 3.8) is 0 Å². The summed E-state index contributed by atoms with van der Waals surface area (Å²) in [4.78, 5) is 11.7. The van der Waals surface area contributed by atoms with E-state index in [0.29, 0.717) is 0 Å². The summed E-state index contributed by atoms with van der Waals surface area (Å²) in [6.45, 7) is 6.76. The Morgan fingerprint density at radius 2 is 2.22 bits per heavy atom. The topological polar surface area (TPSA) is 69.0 Å². The number of aromatic nitrogens is 3. The van der Waals surface area contributed by atoms with Crippen LogP contribution in [0.5, 0.6) is 0 Å². The average molecular weight is 252 g/mol. The van der Waals surface area contributed by atoms with Crippen molar-refractivity contribution >= 4 is 5.91 Å². The van der Waals surface area contributed by atoms with Gasteiger partial charge in [0.05, 0.1) is 12.1 Å². The molecule has 2 heterocycles. The van der Waals surface area contributed by atoms with Gasteiger partial charge < -0.3 is 14.6 Å². The van der Waals surface area contributed by atoms with Gasteiger partial charge in [-0.2, -0.15) is 0 Å². The molecule has 1 unspecified atom stereocenters. The third-order valence-corrected chi connectivity index (χ3v) is 2.95. The van der Waals surface area contributed by atoms with Gasteiger partial charge in [-0.1, -0.05) is 0 Å². The van der Waals surface area contributed by atoms with Crippen LogP contribution in [0.15, 0.2) is 0 Å². The predicted molar refractivity (Wildman–Crippen MR) is 66.0 cm³/mol. The van der Waals surface area contributed by atoms with Crippen molar-refractivity contribution in [1.82, 2.24) is 20.1 Å². The highest BCUT2D eigenvalue weighted by Gasteiger charge is 2.22. The molecule has 0 spiro atoms. The van der Waals surface area contributed by atoms with Gasteiger partial charge in [-0.15, -0.1) is 10.2 Å². The molecule has 1 aliphatic rings. The van der Waals surface area contributed by atoms with Crippen molar-refractivity contribution in [2.24, 2.45) is 0 Å². The summed E-state index contributed by atoms with van der Waals surface area (Å²) in [6, 6.07) is -0.132. The van der Waals surface area contributed by atoms with E-state index in [2.05, 4.69) is 20.1 Å². The summed E-state index contributed by atoms with van der Waals surface area (Å²) in [5, 5.41) is 11.2. The van der Waals surface area contributed by atoms with E-state index in [1.54, 1.807) is 0 Å². The van der Waals surface area contributed by atoms with Gasteiger partial charge in [-0.25, -0.2) is 0 Å². The van der Waals surface area contributed by atoms with Crippen molar-refractivity contribution in [3.05, 3.63) is 11.6 Å². The molecule has 6 nitrogen and oxygen atoms in total. The van der Waals surface area contributed by atoms with Crippen molar-refractivity contribution < 1.29 is 9.53 Å². The second-order valence-electron chi connectivity index (χ2n) is 4.88. The van der Waals surface area contributed by atoms with E-state index in [1.807, 2.05) is 20.8 Å². The molecular weight excluding hydrogens is 232 g/mol. The summed E-state index contributed by atoms with van der Waals surface area (Å²) in [5.41, 5.74) is 0. The van der Waals surface area contributed by atoms with Crippen LogP contribution in [-0.4, -0.2) is 33.4 Å². The Labute approximate surface area is 107 Å². The molecular formula is C12H20N4O2. The Hall–Kier alpha value is -1.43. The summed E-state index contributed by atoms with van der Waals surface area (Å²) in [6.07, 6.45) is 2.14. The lowest BCUT2D eigenvalue weighted by atomic mass is 10.3. The van der Waals surface area contributed by atoms with Crippen LogP contribution in [0.4, 0.5) is 0 Å². The molecule has 6 heteroatoms. The normalized spacial score (nSPS) is 15.8. The molecule has 0 saturated heterocycles. The molecule has 18 heavy (non-hydrogen) atoms. The minimum absolute atomic E-state index is 0.0587. The summed E-state index contributed by atoms with van der Waals surface area (Å²) in [5.74, 6) is 1.73. The van der Waals surface area contributed by atoms with Crippen LogP contribution < -0.4 is 5.32 Å². The van der Waals surface area contributed by atoms with Crippen LogP contribution in [0.25, 0.3) is 0 Å². The van der Waals surface area contributed by atoms with E-state index >= 15 is 0 Å². The molecule has 100 valence electrons. The summed E-state index contributed by atoms with van der Waals surface area (Å²) in [7, 11) is 0. The number of nitrogens with zero attached hydrogens (tertiary/aromatic N) is 3. The number of hydrogen-bond acceptors (Lipinski definition) is 4. The number of rotatable bonds is 5. The molecule has 1 N–H and O–H groups in total. The summed E-state index contributed by atoms with van der Waals surface area (Å²) < 4.78 is 7.35. The Bertz CT molecular complexity index is 428. The van der Waals surface area contributed by atoms with Gasteiger partial charge in [-0.3, -0.25) is 4.79 Å². The molecule has 1 aliphatic heterocycles. The fourth-order valence-electron chi connectivity index (χ4n) is 2.08. The molecule has 2 rings (SSSR count). The van der Waals surface area contributed by atoms with E-state index in [4.69, 9.17) is 4.74 Å². The maximum Gasteiger partial charge on any atom is 0.246 e. The van der Waals surface area contributed by atoms with Gasteiger partial charge in [0.2, 0.25) is 5.91 Å². The molecule has 0 saturated carbocycles. The lowest BCUT2D eigenvalue weighted by molar-refractivity contribution is -0.127. The highest BCUT2D eigenvalue weighted by molar-refractivity contribution is 5.77. The lowest BCUT2D eigenvalue weighted by Crippen LogP contribution is -2.32. The van der Waals surface area contributed by atoms with Crippen LogP contribution in [0.2, 0.25) is 0 Å². The van der Waals surface area contributed by atoms with Gasteiger partial charge in [0.15, 0.2) is 5.82 Å². The van der Waals surface area contributed by atoms with Crippen LogP contribution in [0.1, 0.15) is 44.9 Å². The third kappa shape index (κ3) is 2.87. The zero-order valence-corrected chi connectivity index (χ0v) is 11.1. The quantitative estimate of drug-likeness (QED) is 0.842. The first-order valence-corrected chi connectivity index (χ1v) is 6.41. The van der Waals surface area contributed by atoms with Crippen molar-refractivity contribution in [2.45, 2.75) is 52.3 Å². The zero-order chi connectivity index (χ0) is 13.1. The van der Waals surface area contributed by atoms with Crippen molar-refractivity contribution in [3.8, 4) is 0 Å². The lowest BCUT2D eigenvalue weighted by Gasteiger charge is -2.14. The number of carbonyl (C=O) groups excluding carboxylic acids is 1. The second-order valence-corrected chi connectivity index (χ2v) is 4.88. The molecule has 0 fully saturated rings. The average Bonchev–Trinajstić information content (AvgIpc) is 2.87. The second kappa shape index (κ2) is 5.48. The standard InChI is InChI=1S/C12H20N4O2/c1-8(2)18-7-11(17)13-9(3)12-15-14-10-5-4-6-16(10)12/h8-9H,4-7H2,1-3H3,(H,13,17). The molecule has 1 aromatic heterocycles. The Morgan fingerprint density at radius 1 is 1.44 bits per heavy atom. The Morgan fingerprint density at radius 3 is 2.94 bits per heavy atom. The van der Waals surface area contributed by atoms with E-state index in [0.717, 1.165) is 31.0 Å². The van der Waals surface area contributed by atoms with Crippen LogP contribution in [0.3, 0.4) is 0 Å². The molecule has 0 aromatic carbocycles. The molecule has 0 aliphatic carbocycles. The predicted octanol–water partition coefficient (Wildman–Crippen LogP) is 0.826. The maximum atomic E-state index is 11.7. The highest BCUT2D eigenvalue weighted by Crippen LogP contribution is 2.18. The van der Waals surface area contributed by atoms with Crippen molar-refractivity contribution in [1.29, 1.82) is 0 Å². The zero-order valence-electron chi connectivity index (χ0n) is 11.1. The fourth-order valence-corrected chi connectivity index (χ4v) is 2.08. The van der Waals surface area contributed by atoms with Gasteiger partial charge in [-0.05, 0) is 27.2 Å². The van der Waals surface area contributed by atoms with E-state index in [-0.39, 0.29) is 24.7 Å². The third-order valence-electron chi connectivity index (χ3n) is 2.95. The smallest absolute Gasteiger partial charge is 0.246 e. The number of aryl methyl sites for hydroxylation is 1. The molecule has 1 amide bonds. The van der Waals surface area contributed by atoms with E-state index in [1.165, 1.54) is 0 Å². The largest absolute Gasteiger partial charge is 0.369 e. The molecule has 0 radical (unpaired) electrons. The van der Waals surface area contributed by atoms with Gasteiger partial charge in [0.1, 0.15) is 12.4 Å². The monoisotopic (exact) mass is 252 g/mol. The number of ether oxygens (including phenoxy) is 1. The van der Waals surface area contributed by atoms with Gasteiger partial charge in [0.25, 0.3) is 0 Å². The van der Waals surface area contributed by atoms with E-state index < -0.39 is 0 Å². The maximum absolute atomic E-state index is 11.7. The van der Waals surface area contributed by atoms with Gasteiger partial charge >= 0.3 is 0 Å². The highest BCUT2D eigenvalue weighted by atomic mass is 16.5. The summed E-state index contributed by atoms with van der Waals surface area (Å²) >= 11 is 0. The fraction of sp³-hybridized carbons (Fsp3) is 0.750. The Kier molecular flexibility index (Phi) is 3.96. The van der Waals surface area contributed by atoms with E-state index in [9.17, 15) is 4.79 Å². The molecule has 0 bridgehead atoms. The molecule has 1 aromatic rings. The first-order valence-electron chi connectivity index (χ1n) is 6.41. The molecule has 1 atom stereocenters. The number of hydrogen-bond donors (Lipinski definition) is 1. The number of fused-ring (bicyclic) bond motifs is 1.